The monoisotopic (exact) mass is 350 g/mol. The largest absolute Gasteiger partial charge is 0.329 e. The van der Waals surface area contributed by atoms with Crippen molar-refractivity contribution < 1.29 is 0 Å². The highest BCUT2D eigenvalue weighted by atomic mass is 79.9. The Balaban J connectivity index is 2.79. The number of hydrogen-bond acceptors (Lipinski definition) is 3. The van der Waals surface area contributed by atoms with Gasteiger partial charge in [0.1, 0.15) is 0 Å². The fraction of sp³-hybridized carbons (Fsp3) is 0.400. The van der Waals surface area contributed by atoms with Gasteiger partial charge in [0, 0.05) is 15.9 Å². The zero-order valence-electron chi connectivity index (χ0n) is 8.26. The standard InChI is InChI=1S/C10H12Br2N2S/c1-3-6(2)14-8(5-13)9-4-7(11)10(12)15-9/h1,4,6,8,14H,5,13H2,2H3. The SMILES string of the molecule is C#CC(C)NC(CN)c1cc(Br)c(Br)s1. The van der Waals surface area contributed by atoms with E-state index in [0.717, 1.165) is 8.26 Å². The first-order valence-corrected chi connectivity index (χ1v) is 6.85. The summed E-state index contributed by atoms with van der Waals surface area (Å²) in [6.07, 6.45) is 5.32. The molecule has 2 unspecified atom stereocenters. The topological polar surface area (TPSA) is 38.0 Å². The fourth-order valence-corrected chi connectivity index (χ4v) is 3.31. The molecule has 5 heteroatoms. The van der Waals surface area contributed by atoms with Crippen LogP contribution in [0.3, 0.4) is 0 Å². The summed E-state index contributed by atoms with van der Waals surface area (Å²) in [4.78, 5) is 1.18. The van der Waals surface area contributed by atoms with Crippen LogP contribution in [-0.4, -0.2) is 12.6 Å². The molecule has 1 aromatic rings. The lowest BCUT2D eigenvalue weighted by Crippen LogP contribution is -2.33. The molecule has 2 atom stereocenters. The van der Waals surface area contributed by atoms with Crippen molar-refractivity contribution in [3.8, 4) is 12.3 Å². The zero-order valence-corrected chi connectivity index (χ0v) is 12.2. The van der Waals surface area contributed by atoms with Gasteiger partial charge in [-0.25, -0.2) is 0 Å². The molecule has 0 radical (unpaired) electrons. The minimum Gasteiger partial charge on any atom is -0.329 e. The maximum Gasteiger partial charge on any atom is 0.0843 e. The molecule has 3 N–H and O–H groups in total. The van der Waals surface area contributed by atoms with Gasteiger partial charge >= 0.3 is 0 Å². The van der Waals surface area contributed by atoms with E-state index < -0.39 is 0 Å². The van der Waals surface area contributed by atoms with Gasteiger partial charge in [-0.3, -0.25) is 5.32 Å². The average Bonchev–Trinajstić information content (AvgIpc) is 2.55. The highest BCUT2D eigenvalue weighted by Crippen LogP contribution is 2.35. The third-order valence-electron chi connectivity index (χ3n) is 1.94. The molecule has 2 nitrogen and oxygen atoms in total. The number of thiophene rings is 1. The van der Waals surface area contributed by atoms with Crippen LogP contribution in [0, 0.1) is 12.3 Å². The van der Waals surface area contributed by atoms with Gasteiger partial charge in [0.25, 0.3) is 0 Å². The van der Waals surface area contributed by atoms with Gasteiger partial charge < -0.3 is 5.73 Å². The summed E-state index contributed by atoms with van der Waals surface area (Å²) in [6, 6.07) is 2.20. The van der Waals surface area contributed by atoms with Gasteiger partial charge in [-0.05, 0) is 44.8 Å². The van der Waals surface area contributed by atoms with Crippen molar-refractivity contribution in [2.45, 2.75) is 19.0 Å². The minimum atomic E-state index is 0.0261. The molecule has 0 bridgehead atoms. The van der Waals surface area contributed by atoms with Gasteiger partial charge in [0.15, 0.2) is 0 Å². The fourth-order valence-electron chi connectivity index (χ4n) is 1.15. The van der Waals surface area contributed by atoms with Crippen LogP contribution in [0.4, 0.5) is 0 Å². The number of hydrogen-bond donors (Lipinski definition) is 2. The van der Waals surface area contributed by atoms with Crippen molar-refractivity contribution in [3.63, 3.8) is 0 Å². The van der Waals surface area contributed by atoms with E-state index in [-0.39, 0.29) is 12.1 Å². The van der Waals surface area contributed by atoms with E-state index in [4.69, 9.17) is 12.2 Å². The van der Waals surface area contributed by atoms with Crippen molar-refractivity contribution >= 4 is 43.2 Å². The van der Waals surface area contributed by atoms with Crippen molar-refractivity contribution in [3.05, 3.63) is 19.2 Å². The molecule has 15 heavy (non-hydrogen) atoms. The van der Waals surface area contributed by atoms with Crippen LogP contribution >= 0.6 is 43.2 Å². The second-order valence-electron chi connectivity index (χ2n) is 3.11. The molecule has 0 aliphatic rings. The van der Waals surface area contributed by atoms with Crippen LogP contribution in [0.25, 0.3) is 0 Å². The van der Waals surface area contributed by atoms with Gasteiger partial charge in [0.05, 0.1) is 15.9 Å². The summed E-state index contributed by atoms with van der Waals surface area (Å²) >= 11 is 8.57. The number of rotatable bonds is 4. The van der Waals surface area contributed by atoms with Gasteiger partial charge in [-0.2, -0.15) is 0 Å². The molecule has 0 spiro atoms. The highest BCUT2D eigenvalue weighted by molar-refractivity contribution is 9.13. The molecule has 0 aliphatic carbocycles. The molecule has 0 aliphatic heterocycles. The Morgan fingerprint density at radius 1 is 1.67 bits per heavy atom. The van der Waals surface area contributed by atoms with E-state index in [9.17, 15) is 0 Å². The smallest absolute Gasteiger partial charge is 0.0843 e. The van der Waals surface area contributed by atoms with Crippen LogP contribution < -0.4 is 11.1 Å². The molecule has 82 valence electrons. The minimum absolute atomic E-state index is 0.0261. The third kappa shape index (κ3) is 3.58. The average molecular weight is 352 g/mol. The van der Waals surface area contributed by atoms with E-state index in [1.807, 2.05) is 6.92 Å². The summed E-state index contributed by atoms with van der Waals surface area (Å²) in [5, 5.41) is 3.28. The Labute approximate surface area is 111 Å². The van der Waals surface area contributed by atoms with Crippen LogP contribution in [0.1, 0.15) is 17.8 Å². The Morgan fingerprint density at radius 2 is 2.33 bits per heavy atom. The van der Waals surface area contributed by atoms with Gasteiger partial charge in [-0.15, -0.1) is 17.8 Å². The Hall–Kier alpha value is 0.140. The normalized spacial score (nSPS) is 14.6. The Morgan fingerprint density at radius 3 is 2.73 bits per heavy atom. The first-order chi connectivity index (χ1) is 7.08. The Kier molecular flexibility index (Phi) is 5.30. The first-order valence-electron chi connectivity index (χ1n) is 4.45. The zero-order chi connectivity index (χ0) is 11.4. The number of terminal acetylenes is 1. The van der Waals surface area contributed by atoms with Crippen LogP contribution in [-0.2, 0) is 0 Å². The van der Waals surface area contributed by atoms with Gasteiger partial charge in [0.2, 0.25) is 0 Å². The van der Waals surface area contributed by atoms with E-state index in [1.54, 1.807) is 11.3 Å². The lowest BCUT2D eigenvalue weighted by Gasteiger charge is -2.17. The predicted molar refractivity (Wildman–Crippen MR) is 72.9 cm³/mol. The van der Waals surface area contributed by atoms with Gasteiger partial charge in [-0.1, -0.05) is 5.92 Å². The molecule has 1 rings (SSSR count). The maximum atomic E-state index is 5.71. The van der Waals surface area contributed by atoms with Crippen LogP contribution in [0.15, 0.2) is 14.3 Å². The maximum absolute atomic E-state index is 5.71. The predicted octanol–water partition coefficient (Wildman–Crippen LogP) is 2.88. The summed E-state index contributed by atoms with van der Waals surface area (Å²) in [7, 11) is 0. The van der Waals surface area contributed by atoms with Crippen molar-refractivity contribution in [1.29, 1.82) is 0 Å². The first kappa shape index (κ1) is 13.2. The van der Waals surface area contributed by atoms with Crippen molar-refractivity contribution in [2.24, 2.45) is 5.73 Å². The molecule has 0 aromatic carbocycles. The lowest BCUT2D eigenvalue weighted by atomic mass is 10.2. The molecule has 0 fully saturated rings. The summed E-state index contributed by atoms with van der Waals surface area (Å²) < 4.78 is 2.13. The number of nitrogens with one attached hydrogen (secondary N) is 1. The second kappa shape index (κ2) is 6.02. The second-order valence-corrected chi connectivity index (χ2v) is 6.37. The van der Waals surface area contributed by atoms with Crippen molar-refractivity contribution in [2.75, 3.05) is 6.54 Å². The van der Waals surface area contributed by atoms with Crippen LogP contribution in [0.2, 0.25) is 0 Å². The van der Waals surface area contributed by atoms with Crippen molar-refractivity contribution in [1.82, 2.24) is 5.32 Å². The molecular formula is C10H12Br2N2S. The summed E-state index contributed by atoms with van der Waals surface area (Å²) in [5.41, 5.74) is 5.71. The van der Waals surface area contributed by atoms with E-state index in [2.05, 4.69) is 49.2 Å². The molecule has 1 heterocycles. The van der Waals surface area contributed by atoms with E-state index in [0.29, 0.717) is 6.54 Å². The van der Waals surface area contributed by atoms with Crippen LogP contribution in [0.5, 0.6) is 0 Å². The molecule has 1 aromatic heterocycles. The Bertz CT molecular complexity index is 350. The lowest BCUT2D eigenvalue weighted by molar-refractivity contribution is 0.525. The van der Waals surface area contributed by atoms with E-state index >= 15 is 0 Å². The summed E-state index contributed by atoms with van der Waals surface area (Å²) in [5.74, 6) is 2.64. The number of halogens is 2. The molecular weight excluding hydrogens is 340 g/mol. The molecule has 0 saturated carbocycles. The number of nitrogens with two attached hydrogens (primary N) is 1. The highest BCUT2D eigenvalue weighted by Gasteiger charge is 2.15. The molecule has 0 saturated heterocycles. The third-order valence-corrected chi connectivity index (χ3v) is 5.31. The quantitative estimate of drug-likeness (QED) is 0.818. The summed E-state index contributed by atoms with van der Waals surface area (Å²) in [6.45, 7) is 2.48. The molecule has 0 amide bonds. The van der Waals surface area contributed by atoms with E-state index in [1.165, 1.54) is 4.88 Å².